The summed E-state index contributed by atoms with van der Waals surface area (Å²) >= 11 is 0. The zero-order valence-electron chi connectivity index (χ0n) is 10.1. The van der Waals surface area contributed by atoms with E-state index in [4.69, 9.17) is 10.5 Å². The summed E-state index contributed by atoms with van der Waals surface area (Å²) in [5.41, 5.74) is 7.79. The van der Waals surface area contributed by atoms with Crippen LogP contribution < -0.4 is 10.5 Å². The fourth-order valence-electron chi connectivity index (χ4n) is 2.35. The van der Waals surface area contributed by atoms with E-state index in [1.54, 1.807) is 0 Å². The van der Waals surface area contributed by atoms with Crippen LogP contribution in [0.15, 0.2) is 18.2 Å². The molecule has 2 N–H and O–H groups in total. The van der Waals surface area contributed by atoms with Gasteiger partial charge in [0.2, 0.25) is 0 Å². The Balaban J connectivity index is 2.14. The van der Waals surface area contributed by atoms with Gasteiger partial charge in [-0.1, -0.05) is 19.9 Å². The zero-order valence-corrected chi connectivity index (χ0v) is 10.1. The van der Waals surface area contributed by atoms with E-state index < -0.39 is 0 Å². The van der Waals surface area contributed by atoms with E-state index >= 15 is 0 Å². The standard InChI is InChI=1S/C13H20N2O/c1-3-15(4-2)12-7-10-5-6-11(14)8-13(10)16-9-12/h5-6,8,12H,3-4,7,9,14H2,1-2H3. The third-order valence-electron chi connectivity index (χ3n) is 3.31. The smallest absolute Gasteiger partial charge is 0.124 e. The molecule has 0 saturated heterocycles. The van der Waals surface area contributed by atoms with Crippen molar-refractivity contribution in [1.82, 2.24) is 4.90 Å². The van der Waals surface area contributed by atoms with E-state index in [1.807, 2.05) is 12.1 Å². The van der Waals surface area contributed by atoms with Gasteiger partial charge in [0.1, 0.15) is 12.4 Å². The Kier molecular flexibility index (Phi) is 3.34. The fourth-order valence-corrected chi connectivity index (χ4v) is 2.35. The highest BCUT2D eigenvalue weighted by molar-refractivity contribution is 5.49. The molecule has 16 heavy (non-hydrogen) atoms. The Morgan fingerprint density at radius 3 is 2.81 bits per heavy atom. The number of hydrogen-bond donors (Lipinski definition) is 1. The molecule has 1 atom stereocenters. The van der Waals surface area contributed by atoms with E-state index in [9.17, 15) is 0 Å². The van der Waals surface area contributed by atoms with Gasteiger partial charge < -0.3 is 10.5 Å². The second kappa shape index (κ2) is 4.74. The lowest BCUT2D eigenvalue weighted by atomic mass is 10.0. The first kappa shape index (κ1) is 11.3. The lowest BCUT2D eigenvalue weighted by molar-refractivity contribution is 0.129. The lowest BCUT2D eigenvalue weighted by Gasteiger charge is -2.33. The number of nitrogens with zero attached hydrogens (tertiary/aromatic N) is 1. The summed E-state index contributed by atoms with van der Waals surface area (Å²) in [6.45, 7) is 7.33. The van der Waals surface area contributed by atoms with Crippen LogP contribution in [0.1, 0.15) is 19.4 Å². The van der Waals surface area contributed by atoms with Crippen LogP contribution >= 0.6 is 0 Å². The first-order chi connectivity index (χ1) is 7.74. The summed E-state index contributed by atoms with van der Waals surface area (Å²) in [4.78, 5) is 2.44. The van der Waals surface area contributed by atoms with Crippen LogP contribution in [-0.4, -0.2) is 30.6 Å². The minimum atomic E-state index is 0.506. The molecule has 1 unspecified atom stereocenters. The highest BCUT2D eigenvalue weighted by Crippen LogP contribution is 2.28. The molecule has 1 aliphatic rings. The number of fused-ring (bicyclic) bond motifs is 1. The van der Waals surface area contributed by atoms with Gasteiger partial charge in [0.25, 0.3) is 0 Å². The Morgan fingerprint density at radius 2 is 2.12 bits per heavy atom. The largest absolute Gasteiger partial charge is 0.492 e. The van der Waals surface area contributed by atoms with Gasteiger partial charge >= 0.3 is 0 Å². The topological polar surface area (TPSA) is 38.5 Å². The van der Waals surface area contributed by atoms with Crippen LogP contribution in [0.2, 0.25) is 0 Å². The van der Waals surface area contributed by atoms with Gasteiger partial charge in [0, 0.05) is 17.8 Å². The summed E-state index contributed by atoms with van der Waals surface area (Å²) in [7, 11) is 0. The number of nitrogen functional groups attached to an aromatic ring is 1. The first-order valence-corrected chi connectivity index (χ1v) is 5.99. The summed E-state index contributed by atoms with van der Waals surface area (Å²) in [6, 6.07) is 6.46. The third-order valence-corrected chi connectivity index (χ3v) is 3.31. The normalized spacial score (nSPS) is 19.3. The van der Waals surface area contributed by atoms with Crippen molar-refractivity contribution in [3.63, 3.8) is 0 Å². The SMILES string of the molecule is CCN(CC)C1COc2cc(N)ccc2C1. The minimum absolute atomic E-state index is 0.506. The molecule has 0 bridgehead atoms. The molecule has 3 heteroatoms. The second-order valence-corrected chi connectivity index (χ2v) is 4.26. The number of rotatable bonds is 3. The second-order valence-electron chi connectivity index (χ2n) is 4.26. The molecule has 2 rings (SSSR count). The van der Waals surface area contributed by atoms with Crippen LogP contribution in [0, 0.1) is 0 Å². The molecule has 1 heterocycles. The van der Waals surface area contributed by atoms with E-state index in [1.165, 1.54) is 5.56 Å². The lowest BCUT2D eigenvalue weighted by Crippen LogP contribution is -2.42. The molecule has 3 nitrogen and oxygen atoms in total. The summed E-state index contributed by atoms with van der Waals surface area (Å²) in [5, 5.41) is 0. The highest BCUT2D eigenvalue weighted by atomic mass is 16.5. The molecular weight excluding hydrogens is 200 g/mol. The van der Waals surface area contributed by atoms with Gasteiger partial charge in [-0.05, 0) is 31.1 Å². The van der Waals surface area contributed by atoms with Crippen molar-refractivity contribution < 1.29 is 4.74 Å². The molecule has 0 radical (unpaired) electrons. The predicted molar refractivity (Wildman–Crippen MR) is 66.8 cm³/mol. The van der Waals surface area contributed by atoms with E-state index in [-0.39, 0.29) is 0 Å². The predicted octanol–water partition coefficient (Wildman–Crippen LogP) is 1.91. The van der Waals surface area contributed by atoms with Crippen LogP contribution in [0.3, 0.4) is 0 Å². The maximum Gasteiger partial charge on any atom is 0.124 e. The zero-order chi connectivity index (χ0) is 11.5. The van der Waals surface area contributed by atoms with Gasteiger partial charge in [-0.2, -0.15) is 0 Å². The van der Waals surface area contributed by atoms with Crippen molar-refractivity contribution in [2.75, 3.05) is 25.4 Å². The van der Waals surface area contributed by atoms with E-state index in [2.05, 4.69) is 24.8 Å². The molecule has 0 fully saturated rings. The summed E-state index contributed by atoms with van der Waals surface area (Å²) in [5.74, 6) is 0.961. The number of benzene rings is 1. The van der Waals surface area contributed by atoms with Gasteiger partial charge in [-0.25, -0.2) is 0 Å². The van der Waals surface area contributed by atoms with Crippen molar-refractivity contribution >= 4 is 5.69 Å². The van der Waals surface area contributed by atoms with Crippen molar-refractivity contribution in [3.8, 4) is 5.75 Å². The van der Waals surface area contributed by atoms with E-state index in [0.717, 1.165) is 37.6 Å². The average molecular weight is 220 g/mol. The molecule has 0 aliphatic carbocycles. The Hall–Kier alpha value is -1.22. The third kappa shape index (κ3) is 2.14. The molecule has 0 aromatic heterocycles. The van der Waals surface area contributed by atoms with Crippen molar-refractivity contribution in [3.05, 3.63) is 23.8 Å². The molecule has 1 aromatic carbocycles. The van der Waals surface area contributed by atoms with Crippen LogP contribution in [0.25, 0.3) is 0 Å². The van der Waals surface area contributed by atoms with Crippen LogP contribution in [0.4, 0.5) is 5.69 Å². The molecule has 0 amide bonds. The number of ether oxygens (including phenoxy) is 1. The van der Waals surface area contributed by atoms with E-state index in [0.29, 0.717) is 6.04 Å². The van der Waals surface area contributed by atoms with Crippen LogP contribution in [-0.2, 0) is 6.42 Å². The maximum atomic E-state index is 5.78. The Bertz CT molecular complexity index is 361. The number of anilines is 1. The van der Waals surface area contributed by atoms with Gasteiger partial charge in [0.15, 0.2) is 0 Å². The van der Waals surface area contributed by atoms with Crippen molar-refractivity contribution in [2.45, 2.75) is 26.3 Å². The molecular formula is C13H20N2O. The number of nitrogens with two attached hydrogens (primary N) is 1. The maximum absolute atomic E-state index is 5.78. The quantitative estimate of drug-likeness (QED) is 0.791. The van der Waals surface area contributed by atoms with Gasteiger partial charge in [-0.3, -0.25) is 4.90 Å². The summed E-state index contributed by atoms with van der Waals surface area (Å²) < 4.78 is 5.78. The molecule has 1 aliphatic heterocycles. The highest BCUT2D eigenvalue weighted by Gasteiger charge is 2.23. The first-order valence-electron chi connectivity index (χ1n) is 5.99. The van der Waals surface area contributed by atoms with Gasteiger partial charge in [-0.15, -0.1) is 0 Å². The summed E-state index contributed by atoms with van der Waals surface area (Å²) in [6.07, 6.45) is 1.07. The Morgan fingerprint density at radius 1 is 1.38 bits per heavy atom. The monoisotopic (exact) mass is 220 g/mol. The fraction of sp³-hybridized carbons (Fsp3) is 0.538. The Labute approximate surface area is 97.2 Å². The average Bonchev–Trinajstić information content (AvgIpc) is 2.31. The number of likely N-dealkylation sites (N-methyl/N-ethyl adjacent to an activating group) is 1. The molecule has 0 saturated carbocycles. The molecule has 0 spiro atoms. The van der Waals surface area contributed by atoms with Crippen molar-refractivity contribution in [1.29, 1.82) is 0 Å². The number of hydrogen-bond acceptors (Lipinski definition) is 3. The molecule has 1 aromatic rings. The van der Waals surface area contributed by atoms with Gasteiger partial charge in [0.05, 0.1) is 0 Å². The van der Waals surface area contributed by atoms with Crippen LogP contribution in [0.5, 0.6) is 5.75 Å². The molecule has 88 valence electrons. The minimum Gasteiger partial charge on any atom is -0.492 e. The van der Waals surface area contributed by atoms with Crippen molar-refractivity contribution in [2.24, 2.45) is 0 Å².